The van der Waals surface area contributed by atoms with Crippen LogP contribution in [0.3, 0.4) is 0 Å². The zero-order valence-corrected chi connectivity index (χ0v) is 16.6. The summed E-state index contributed by atoms with van der Waals surface area (Å²) in [7, 11) is -0.284. The molecule has 8 heteroatoms. The van der Waals surface area contributed by atoms with Crippen LogP contribution in [0.15, 0.2) is 41.3 Å². The van der Waals surface area contributed by atoms with Crippen LogP contribution in [-0.4, -0.2) is 41.3 Å². The molecule has 0 heterocycles. The second-order valence-corrected chi connectivity index (χ2v) is 7.86. The van der Waals surface area contributed by atoms with Gasteiger partial charge >= 0.3 is 0 Å². The highest BCUT2D eigenvalue weighted by Crippen LogP contribution is 2.29. The zero-order valence-electron chi connectivity index (χ0n) is 15.8. The van der Waals surface area contributed by atoms with E-state index in [9.17, 15) is 13.2 Å². The third-order valence-electron chi connectivity index (χ3n) is 4.01. The number of carbonyl (C=O) groups excluding carboxylic acids is 1. The summed E-state index contributed by atoms with van der Waals surface area (Å²) in [6.45, 7) is 1.85. The average molecular weight is 392 g/mol. The van der Waals surface area contributed by atoms with E-state index < -0.39 is 9.84 Å². The number of hydrogen-bond donors (Lipinski definition) is 2. The number of amides is 1. The van der Waals surface area contributed by atoms with Gasteiger partial charge in [0.25, 0.3) is 0 Å². The van der Waals surface area contributed by atoms with Gasteiger partial charge in [0, 0.05) is 18.0 Å². The summed E-state index contributed by atoms with van der Waals surface area (Å²) in [4.78, 5) is 12.6. The molecule has 27 heavy (non-hydrogen) atoms. The number of carbonyl (C=O) groups is 1. The summed E-state index contributed by atoms with van der Waals surface area (Å²) >= 11 is 0. The lowest BCUT2D eigenvalue weighted by Crippen LogP contribution is -2.22. The Labute approximate surface area is 159 Å². The van der Waals surface area contributed by atoms with Gasteiger partial charge in [0.15, 0.2) is 9.84 Å². The first kappa shape index (κ1) is 20.6. The van der Waals surface area contributed by atoms with Crippen molar-refractivity contribution in [1.82, 2.24) is 0 Å². The van der Waals surface area contributed by atoms with Crippen molar-refractivity contribution in [2.45, 2.75) is 18.2 Å². The van der Waals surface area contributed by atoms with E-state index in [2.05, 4.69) is 10.6 Å². The molecule has 2 rings (SSSR count). The minimum absolute atomic E-state index is 0.0185. The van der Waals surface area contributed by atoms with E-state index in [1.807, 2.05) is 6.92 Å². The van der Waals surface area contributed by atoms with Crippen LogP contribution < -0.4 is 20.1 Å². The molecule has 0 aliphatic carbocycles. The Kier molecular flexibility index (Phi) is 6.68. The van der Waals surface area contributed by atoms with Crippen LogP contribution >= 0.6 is 0 Å². The van der Waals surface area contributed by atoms with Crippen molar-refractivity contribution < 1.29 is 22.7 Å². The number of benzene rings is 2. The van der Waals surface area contributed by atoms with Gasteiger partial charge in [-0.3, -0.25) is 4.79 Å². The molecule has 0 atom stereocenters. The molecule has 0 aromatic heterocycles. The maximum absolute atomic E-state index is 12.3. The standard InChI is InChI=1S/C19H24N2O5S/c1-5-14-15(7-6-8-18(14)27(4,23)24)20-12-19(22)21-16-10-9-13(25-2)11-17(16)26-3/h6-11,20H,5,12H2,1-4H3,(H,21,22). The molecule has 0 spiro atoms. The number of anilines is 2. The van der Waals surface area contributed by atoms with Crippen molar-refractivity contribution in [3.05, 3.63) is 42.0 Å². The highest BCUT2D eigenvalue weighted by atomic mass is 32.2. The summed E-state index contributed by atoms with van der Waals surface area (Å²) in [5.74, 6) is 0.814. The van der Waals surface area contributed by atoms with Crippen LogP contribution in [0.4, 0.5) is 11.4 Å². The minimum atomic E-state index is -3.34. The number of methoxy groups -OCH3 is 2. The smallest absolute Gasteiger partial charge is 0.243 e. The first-order valence-corrected chi connectivity index (χ1v) is 10.3. The van der Waals surface area contributed by atoms with Gasteiger partial charge in [-0.2, -0.15) is 0 Å². The van der Waals surface area contributed by atoms with E-state index in [0.717, 1.165) is 0 Å². The van der Waals surface area contributed by atoms with Gasteiger partial charge in [-0.25, -0.2) is 8.42 Å². The van der Waals surface area contributed by atoms with Crippen molar-refractivity contribution in [2.75, 3.05) is 37.7 Å². The zero-order chi connectivity index (χ0) is 20.0. The predicted octanol–water partition coefficient (Wildman–Crippen LogP) is 2.72. The SMILES string of the molecule is CCc1c(NCC(=O)Nc2ccc(OC)cc2OC)cccc1S(C)(=O)=O. The lowest BCUT2D eigenvalue weighted by molar-refractivity contribution is -0.114. The molecule has 0 fully saturated rings. The van der Waals surface area contributed by atoms with Gasteiger partial charge in [0.1, 0.15) is 11.5 Å². The Bertz CT molecular complexity index is 926. The van der Waals surface area contributed by atoms with Crippen molar-refractivity contribution in [3.63, 3.8) is 0 Å². The molecule has 2 aromatic rings. The van der Waals surface area contributed by atoms with Gasteiger partial charge < -0.3 is 20.1 Å². The molecule has 0 saturated heterocycles. The van der Waals surface area contributed by atoms with Gasteiger partial charge in [-0.1, -0.05) is 13.0 Å². The second-order valence-electron chi connectivity index (χ2n) is 5.88. The number of rotatable bonds is 8. The molecule has 2 aromatic carbocycles. The highest BCUT2D eigenvalue weighted by Gasteiger charge is 2.16. The Hall–Kier alpha value is -2.74. The molecular formula is C19H24N2O5S. The van der Waals surface area contributed by atoms with Gasteiger partial charge in [-0.15, -0.1) is 0 Å². The van der Waals surface area contributed by atoms with E-state index in [-0.39, 0.29) is 17.3 Å². The normalized spacial score (nSPS) is 11.0. The maximum Gasteiger partial charge on any atom is 0.243 e. The lowest BCUT2D eigenvalue weighted by atomic mass is 10.1. The molecule has 0 saturated carbocycles. The first-order valence-electron chi connectivity index (χ1n) is 8.37. The van der Waals surface area contributed by atoms with E-state index in [1.54, 1.807) is 43.5 Å². The minimum Gasteiger partial charge on any atom is -0.497 e. The molecule has 0 unspecified atom stereocenters. The monoisotopic (exact) mass is 392 g/mol. The third-order valence-corrected chi connectivity index (χ3v) is 5.19. The van der Waals surface area contributed by atoms with Crippen LogP contribution in [-0.2, 0) is 21.1 Å². The summed E-state index contributed by atoms with van der Waals surface area (Å²) in [5.41, 5.74) is 1.80. The molecule has 7 nitrogen and oxygen atoms in total. The van der Waals surface area contributed by atoms with Gasteiger partial charge in [0.05, 0.1) is 31.3 Å². The van der Waals surface area contributed by atoms with Gasteiger partial charge in [-0.05, 0) is 36.2 Å². The maximum atomic E-state index is 12.3. The summed E-state index contributed by atoms with van der Waals surface area (Å²) in [6, 6.07) is 10.1. The average Bonchev–Trinajstić information content (AvgIpc) is 2.65. The topological polar surface area (TPSA) is 93.7 Å². The Morgan fingerprint density at radius 3 is 2.41 bits per heavy atom. The molecule has 1 amide bonds. The van der Waals surface area contributed by atoms with Crippen molar-refractivity contribution >= 4 is 27.1 Å². The van der Waals surface area contributed by atoms with Gasteiger partial charge in [0.2, 0.25) is 5.91 Å². The summed E-state index contributed by atoms with van der Waals surface area (Å²) in [5, 5.41) is 5.78. The molecule has 0 aliphatic heterocycles. The molecular weight excluding hydrogens is 368 g/mol. The molecule has 2 N–H and O–H groups in total. The Morgan fingerprint density at radius 2 is 1.81 bits per heavy atom. The summed E-state index contributed by atoms with van der Waals surface area (Å²) < 4.78 is 34.3. The fourth-order valence-electron chi connectivity index (χ4n) is 2.72. The fourth-order valence-corrected chi connectivity index (χ4v) is 3.74. The second kappa shape index (κ2) is 8.77. The number of sulfone groups is 1. The van der Waals surface area contributed by atoms with E-state index in [4.69, 9.17) is 9.47 Å². The third kappa shape index (κ3) is 5.13. The number of nitrogens with one attached hydrogen (secondary N) is 2. The van der Waals surface area contributed by atoms with Crippen molar-refractivity contribution in [3.8, 4) is 11.5 Å². The number of hydrogen-bond acceptors (Lipinski definition) is 6. The predicted molar refractivity (Wildman–Crippen MR) is 106 cm³/mol. The summed E-state index contributed by atoms with van der Waals surface area (Å²) in [6.07, 6.45) is 1.70. The molecule has 0 bridgehead atoms. The largest absolute Gasteiger partial charge is 0.497 e. The van der Waals surface area contributed by atoms with Crippen LogP contribution in [0.5, 0.6) is 11.5 Å². The Balaban J connectivity index is 2.13. The van der Waals surface area contributed by atoms with Crippen LogP contribution in [0.2, 0.25) is 0 Å². The fraction of sp³-hybridized carbons (Fsp3) is 0.316. The molecule has 146 valence electrons. The van der Waals surface area contributed by atoms with E-state index >= 15 is 0 Å². The van der Waals surface area contributed by atoms with Crippen LogP contribution in [0.1, 0.15) is 12.5 Å². The van der Waals surface area contributed by atoms with Crippen molar-refractivity contribution in [1.29, 1.82) is 0 Å². The quantitative estimate of drug-likeness (QED) is 0.717. The lowest BCUT2D eigenvalue weighted by Gasteiger charge is -2.15. The first-order chi connectivity index (χ1) is 12.8. The Morgan fingerprint density at radius 1 is 1.07 bits per heavy atom. The van der Waals surface area contributed by atoms with Crippen molar-refractivity contribution in [2.24, 2.45) is 0 Å². The molecule has 0 radical (unpaired) electrons. The van der Waals surface area contributed by atoms with E-state index in [1.165, 1.54) is 13.4 Å². The van der Waals surface area contributed by atoms with Crippen LogP contribution in [0.25, 0.3) is 0 Å². The van der Waals surface area contributed by atoms with Crippen LogP contribution in [0, 0.1) is 0 Å². The number of ether oxygens (including phenoxy) is 2. The molecule has 0 aliphatic rings. The highest BCUT2D eigenvalue weighted by molar-refractivity contribution is 7.90. The van der Waals surface area contributed by atoms with E-state index in [0.29, 0.717) is 34.9 Å².